The number of aromatic nitrogens is 1. The van der Waals surface area contributed by atoms with Crippen LogP contribution >= 0.6 is 0 Å². The molecule has 28 heavy (non-hydrogen) atoms. The van der Waals surface area contributed by atoms with E-state index in [-0.39, 0.29) is 11.5 Å². The first-order valence-electron chi connectivity index (χ1n) is 9.33. The van der Waals surface area contributed by atoms with E-state index in [0.717, 1.165) is 28.4 Å². The van der Waals surface area contributed by atoms with Gasteiger partial charge >= 0.3 is 0 Å². The average molecular weight is 381 g/mol. The molecule has 0 spiro atoms. The summed E-state index contributed by atoms with van der Waals surface area (Å²) in [5, 5.41) is 12.2. The van der Waals surface area contributed by atoms with Gasteiger partial charge in [-0.3, -0.25) is 4.79 Å². The molecule has 0 saturated heterocycles. The van der Waals surface area contributed by atoms with Crippen molar-refractivity contribution in [2.24, 2.45) is 0 Å². The number of nitrogens with zero attached hydrogens (tertiary/aromatic N) is 2. The fourth-order valence-corrected chi connectivity index (χ4v) is 3.01. The molecule has 0 fully saturated rings. The monoisotopic (exact) mass is 381 g/mol. The molecule has 2 rings (SSSR count). The number of aryl methyl sites for hydroxylation is 1. The minimum absolute atomic E-state index is 0.0874. The number of amides is 1. The van der Waals surface area contributed by atoms with Crippen LogP contribution in [0.15, 0.2) is 35.9 Å². The van der Waals surface area contributed by atoms with Crippen molar-refractivity contribution in [3.8, 4) is 17.5 Å². The van der Waals surface area contributed by atoms with Crippen molar-refractivity contribution >= 4 is 12.0 Å². The Hall–Kier alpha value is -3.04. The Morgan fingerprint density at radius 1 is 1.29 bits per heavy atom. The summed E-state index contributed by atoms with van der Waals surface area (Å²) in [5.41, 5.74) is 3.91. The first kappa shape index (κ1) is 21.3. The van der Waals surface area contributed by atoms with E-state index in [1.54, 1.807) is 13.2 Å². The van der Waals surface area contributed by atoms with Crippen LogP contribution in [-0.2, 0) is 9.53 Å². The van der Waals surface area contributed by atoms with Gasteiger partial charge in [0, 0.05) is 37.3 Å². The molecule has 6 heteroatoms. The number of hydrogen-bond acceptors (Lipinski definition) is 4. The zero-order valence-corrected chi connectivity index (χ0v) is 16.9. The zero-order chi connectivity index (χ0) is 20.5. The van der Waals surface area contributed by atoms with Crippen molar-refractivity contribution in [1.82, 2.24) is 9.88 Å². The first-order chi connectivity index (χ1) is 13.5. The summed E-state index contributed by atoms with van der Waals surface area (Å²) in [6.45, 7) is 7.58. The van der Waals surface area contributed by atoms with Gasteiger partial charge in [-0.2, -0.15) is 5.26 Å². The third kappa shape index (κ3) is 5.24. The normalized spacial score (nSPS) is 11.2. The van der Waals surface area contributed by atoms with Crippen molar-refractivity contribution < 1.29 is 14.3 Å². The minimum Gasteiger partial charge on any atom is -0.494 e. The molecule has 148 valence electrons. The van der Waals surface area contributed by atoms with E-state index in [9.17, 15) is 10.1 Å². The van der Waals surface area contributed by atoms with Crippen molar-refractivity contribution in [2.75, 3.05) is 26.9 Å². The van der Waals surface area contributed by atoms with Gasteiger partial charge in [0.05, 0.1) is 6.61 Å². The van der Waals surface area contributed by atoms with Gasteiger partial charge in [-0.25, -0.2) is 0 Å². The molecule has 2 aromatic rings. The smallest absolute Gasteiger partial charge is 0.261 e. The van der Waals surface area contributed by atoms with Crippen LogP contribution < -0.4 is 10.1 Å². The van der Waals surface area contributed by atoms with E-state index in [1.165, 1.54) is 0 Å². The van der Waals surface area contributed by atoms with Crippen LogP contribution in [0.1, 0.15) is 30.3 Å². The highest BCUT2D eigenvalue weighted by molar-refractivity contribution is 6.01. The van der Waals surface area contributed by atoms with Gasteiger partial charge in [0.1, 0.15) is 17.4 Å². The number of nitrogens with one attached hydrogen (secondary N) is 1. The highest BCUT2D eigenvalue weighted by Gasteiger charge is 2.13. The quantitative estimate of drug-likeness (QED) is 0.409. The number of methoxy groups -OCH3 is 1. The van der Waals surface area contributed by atoms with E-state index in [0.29, 0.717) is 26.2 Å². The largest absolute Gasteiger partial charge is 0.494 e. The highest BCUT2D eigenvalue weighted by atomic mass is 16.5. The molecule has 0 aliphatic heterocycles. The second-order valence-corrected chi connectivity index (χ2v) is 6.36. The Labute approximate surface area is 166 Å². The van der Waals surface area contributed by atoms with Gasteiger partial charge < -0.3 is 19.4 Å². The number of carbonyl (C=O) groups is 1. The van der Waals surface area contributed by atoms with Gasteiger partial charge in [0.2, 0.25) is 0 Å². The molecule has 1 amide bonds. The van der Waals surface area contributed by atoms with E-state index >= 15 is 0 Å². The molecule has 0 aliphatic carbocycles. The lowest BCUT2D eigenvalue weighted by molar-refractivity contribution is -0.117. The van der Waals surface area contributed by atoms with Gasteiger partial charge in [0.15, 0.2) is 0 Å². The van der Waals surface area contributed by atoms with Gasteiger partial charge in [-0.15, -0.1) is 0 Å². The molecule has 0 unspecified atom stereocenters. The third-order valence-corrected chi connectivity index (χ3v) is 4.35. The Balaban J connectivity index is 2.24. The van der Waals surface area contributed by atoms with Crippen LogP contribution in [0.2, 0.25) is 0 Å². The molecular formula is C22H27N3O3. The van der Waals surface area contributed by atoms with Crippen LogP contribution in [0.3, 0.4) is 0 Å². The number of ether oxygens (including phenoxy) is 2. The molecule has 0 aliphatic rings. The van der Waals surface area contributed by atoms with Crippen LogP contribution in [-0.4, -0.2) is 37.3 Å². The lowest BCUT2D eigenvalue weighted by Gasteiger charge is -2.11. The summed E-state index contributed by atoms with van der Waals surface area (Å²) < 4.78 is 12.5. The number of rotatable bonds is 9. The van der Waals surface area contributed by atoms with Crippen molar-refractivity contribution in [3.05, 3.63) is 52.9 Å². The lowest BCUT2D eigenvalue weighted by atomic mass is 10.1. The third-order valence-electron chi connectivity index (χ3n) is 4.35. The van der Waals surface area contributed by atoms with Crippen LogP contribution in [0.25, 0.3) is 11.8 Å². The Morgan fingerprint density at radius 3 is 2.61 bits per heavy atom. The number of benzene rings is 1. The maximum absolute atomic E-state index is 12.3. The Morgan fingerprint density at radius 2 is 2.00 bits per heavy atom. The van der Waals surface area contributed by atoms with Crippen LogP contribution in [0, 0.1) is 25.2 Å². The number of nitriles is 1. The molecule has 0 saturated carbocycles. The summed E-state index contributed by atoms with van der Waals surface area (Å²) in [4.78, 5) is 12.3. The fraction of sp³-hybridized carbons (Fsp3) is 0.364. The predicted octanol–water partition coefficient (Wildman–Crippen LogP) is 3.55. The van der Waals surface area contributed by atoms with E-state index < -0.39 is 0 Å². The van der Waals surface area contributed by atoms with Crippen LogP contribution in [0.5, 0.6) is 5.75 Å². The minimum atomic E-state index is -0.371. The van der Waals surface area contributed by atoms with Crippen LogP contribution in [0.4, 0.5) is 0 Å². The standard InChI is InChI=1S/C22H27N3O3/c1-5-28-21-9-7-20(8-10-21)25-16(2)13-18(17(25)3)14-19(15-23)22(26)24-11-6-12-27-4/h7-10,13-14H,5-6,11-12H2,1-4H3,(H,24,26)/b19-14+. The molecule has 6 nitrogen and oxygen atoms in total. The molecule has 1 aromatic heterocycles. The lowest BCUT2D eigenvalue weighted by Crippen LogP contribution is -2.26. The summed E-state index contributed by atoms with van der Waals surface area (Å²) in [6.07, 6.45) is 2.34. The second kappa shape index (κ2) is 10.3. The van der Waals surface area contributed by atoms with Gasteiger partial charge in [-0.05, 0) is 69.2 Å². The molecule has 0 atom stereocenters. The molecule has 1 heterocycles. The van der Waals surface area contributed by atoms with Gasteiger partial charge in [-0.1, -0.05) is 0 Å². The average Bonchev–Trinajstić information content (AvgIpc) is 2.97. The topological polar surface area (TPSA) is 76.3 Å². The molecule has 1 aromatic carbocycles. The first-order valence-corrected chi connectivity index (χ1v) is 9.33. The summed E-state index contributed by atoms with van der Waals surface area (Å²) in [6, 6.07) is 11.8. The summed E-state index contributed by atoms with van der Waals surface area (Å²) in [7, 11) is 1.61. The van der Waals surface area contributed by atoms with Crippen molar-refractivity contribution in [3.63, 3.8) is 0 Å². The summed E-state index contributed by atoms with van der Waals surface area (Å²) >= 11 is 0. The number of hydrogen-bond donors (Lipinski definition) is 1. The molecule has 0 bridgehead atoms. The maximum Gasteiger partial charge on any atom is 0.261 e. The van der Waals surface area contributed by atoms with Crippen molar-refractivity contribution in [1.29, 1.82) is 5.26 Å². The Bertz CT molecular complexity index is 874. The maximum atomic E-state index is 12.3. The Kier molecular flexibility index (Phi) is 7.85. The van der Waals surface area contributed by atoms with E-state index in [1.807, 2.05) is 57.2 Å². The second-order valence-electron chi connectivity index (χ2n) is 6.36. The molecular weight excluding hydrogens is 354 g/mol. The zero-order valence-electron chi connectivity index (χ0n) is 16.9. The SMILES string of the molecule is CCOc1ccc(-n2c(C)cc(/C=C(\C#N)C(=O)NCCCOC)c2C)cc1. The van der Waals surface area contributed by atoms with Gasteiger partial charge in [0.25, 0.3) is 5.91 Å². The molecule has 1 N–H and O–H groups in total. The fourth-order valence-electron chi connectivity index (χ4n) is 3.01. The molecule has 0 radical (unpaired) electrons. The van der Waals surface area contributed by atoms with Crippen molar-refractivity contribution in [2.45, 2.75) is 27.2 Å². The van der Waals surface area contributed by atoms with E-state index in [4.69, 9.17) is 9.47 Å². The van der Waals surface area contributed by atoms with E-state index in [2.05, 4.69) is 9.88 Å². The summed E-state index contributed by atoms with van der Waals surface area (Å²) in [5.74, 6) is 0.454. The predicted molar refractivity (Wildman–Crippen MR) is 110 cm³/mol. The highest BCUT2D eigenvalue weighted by Crippen LogP contribution is 2.24. The number of carbonyl (C=O) groups excluding carboxylic acids is 1.